The molecule has 1 saturated heterocycles. The number of aryl methyl sites for hydroxylation is 1. The molecule has 2 aliphatic rings. The second-order valence-electron chi connectivity index (χ2n) is 5.83. The van der Waals surface area contributed by atoms with Crippen LogP contribution in [-0.4, -0.2) is 36.5 Å². The number of hydrogen-bond donors (Lipinski definition) is 1. The quantitative estimate of drug-likeness (QED) is 0.904. The van der Waals surface area contributed by atoms with Crippen LogP contribution in [0.4, 0.5) is 0 Å². The van der Waals surface area contributed by atoms with E-state index in [1.165, 1.54) is 12.8 Å². The van der Waals surface area contributed by atoms with Gasteiger partial charge in [-0.3, -0.25) is 4.79 Å². The molecule has 0 unspecified atom stereocenters. The number of nitrogens with zero attached hydrogens (tertiary/aromatic N) is 1. The highest BCUT2D eigenvalue weighted by Crippen LogP contribution is 2.30. The summed E-state index contributed by atoms with van der Waals surface area (Å²) in [5.74, 6) is 1.61. The Kier molecular flexibility index (Phi) is 3.60. The molecule has 104 valence electrons. The predicted octanol–water partition coefficient (Wildman–Crippen LogP) is 2.19. The van der Waals surface area contributed by atoms with Gasteiger partial charge in [-0.1, -0.05) is 0 Å². The molecule has 1 aromatic rings. The van der Waals surface area contributed by atoms with Crippen LogP contribution >= 0.6 is 0 Å². The Hall–Kier alpha value is -1.29. The minimum atomic E-state index is 0.151. The molecule has 0 bridgehead atoms. The summed E-state index contributed by atoms with van der Waals surface area (Å²) in [5, 5.41) is 3.38. The van der Waals surface area contributed by atoms with Crippen molar-refractivity contribution < 1.29 is 9.21 Å². The van der Waals surface area contributed by atoms with E-state index in [0.717, 1.165) is 38.2 Å². The first-order valence-electron chi connectivity index (χ1n) is 7.31. The highest BCUT2D eigenvalue weighted by Gasteiger charge is 2.35. The van der Waals surface area contributed by atoms with Crippen molar-refractivity contribution in [3.63, 3.8) is 0 Å². The average molecular weight is 262 g/mol. The van der Waals surface area contributed by atoms with Gasteiger partial charge in [-0.25, -0.2) is 0 Å². The summed E-state index contributed by atoms with van der Waals surface area (Å²) in [5.41, 5.74) is 0.707. The molecular formula is C15H22N2O2. The molecule has 4 heteroatoms. The summed E-state index contributed by atoms with van der Waals surface area (Å²) in [4.78, 5) is 14.6. The van der Waals surface area contributed by atoms with Gasteiger partial charge in [-0.15, -0.1) is 0 Å². The molecule has 3 rings (SSSR count). The molecule has 1 aromatic heterocycles. The van der Waals surface area contributed by atoms with E-state index in [1.54, 1.807) is 6.26 Å². The first kappa shape index (κ1) is 12.7. The van der Waals surface area contributed by atoms with Gasteiger partial charge < -0.3 is 14.6 Å². The molecule has 2 fully saturated rings. The molecule has 1 saturated carbocycles. The lowest BCUT2D eigenvalue weighted by Gasteiger charge is -2.30. The van der Waals surface area contributed by atoms with E-state index in [1.807, 2.05) is 13.0 Å². The van der Waals surface area contributed by atoms with Crippen LogP contribution in [0.1, 0.15) is 41.8 Å². The summed E-state index contributed by atoms with van der Waals surface area (Å²) < 4.78 is 5.27. The molecule has 0 aromatic carbocycles. The number of furan rings is 1. The summed E-state index contributed by atoms with van der Waals surface area (Å²) >= 11 is 0. The fourth-order valence-corrected chi connectivity index (χ4v) is 2.85. The summed E-state index contributed by atoms with van der Waals surface area (Å²) in [6.45, 7) is 4.96. The number of amides is 1. The van der Waals surface area contributed by atoms with Crippen LogP contribution in [0, 0.1) is 12.8 Å². The topological polar surface area (TPSA) is 45.5 Å². The number of carbonyl (C=O) groups is 1. The predicted molar refractivity (Wildman–Crippen MR) is 73.1 cm³/mol. The lowest BCUT2D eigenvalue weighted by atomic mass is 9.97. The van der Waals surface area contributed by atoms with Crippen molar-refractivity contribution in [3.8, 4) is 0 Å². The van der Waals surface area contributed by atoms with Crippen molar-refractivity contribution in [2.75, 3.05) is 19.6 Å². The number of carbonyl (C=O) groups excluding carboxylic acids is 1. The number of hydrogen-bond acceptors (Lipinski definition) is 3. The third-order valence-corrected chi connectivity index (χ3v) is 4.14. The fourth-order valence-electron chi connectivity index (χ4n) is 2.85. The number of piperidine rings is 1. The monoisotopic (exact) mass is 262 g/mol. The maximum atomic E-state index is 12.6. The summed E-state index contributed by atoms with van der Waals surface area (Å²) in [6.07, 6.45) is 6.28. The summed E-state index contributed by atoms with van der Waals surface area (Å²) in [7, 11) is 0. The molecule has 1 amide bonds. The first-order valence-corrected chi connectivity index (χ1v) is 7.31. The zero-order chi connectivity index (χ0) is 13.2. The van der Waals surface area contributed by atoms with Gasteiger partial charge in [0.05, 0.1) is 5.56 Å². The van der Waals surface area contributed by atoms with Crippen LogP contribution < -0.4 is 5.32 Å². The van der Waals surface area contributed by atoms with Crippen molar-refractivity contribution in [3.05, 3.63) is 23.7 Å². The van der Waals surface area contributed by atoms with E-state index in [0.29, 0.717) is 17.5 Å². The van der Waals surface area contributed by atoms with E-state index in [2.05, 4.69) is 10.2 Å². The van der Waals surface area contributed by atoms with E-state index < -0.39 is 0 Å². The second-order valence-corrected chi connectivity index (χ2v) is 5.83. The van der Waals surface area contributed by atoms with Crippen LogP contribution in [0.2, 0.25) is 0 Å². The smallest absolute Gasteiger partial charge is 0.257 e. The van der Waals surface area contributed by atoms with Crippen LogP contribution in [0.3, 0.4) is 0 Å². The van der Waals surface area contributed by atoms with Crippen LogP contribution in [0.25, 0.3) is 0 Å². The molecule has 2 heterocycles. The molecule has 4 nitrogen and oxygen atoms in total. The van der Waals surface area contributed by atoms with Crippen LogP contribution in [0.5, 0.6) is 0 Å². The third kappa shape index (κ3) is 3.00. The average Bonchev–Trinajstić information content (AvgIpc) is 3.18. The Balaban J connectivity index is 1.68. The van der Waals surface area contributed by atoms with E-state index in [4.69, 9.17) is 4.42 Å². The standard InChI is InChI=1S/C15H22N2O2/c1-11-8-13(10-19-11)15(18)17(14-2-3-14)9-12-4-6-16-7-5-12/h8,10,12,14,16H,2-7,9H2,1H3. The highest BCUT2D eigenvalue weighted by molar-refractivity contribution is 5.94. The zero-order valence-electron chi connectivity index (χ0n) is 11.5. The van der Waals surface area contributed by atoms with E-state index in [-0.39, 0.29) is 5.91 Å². The summed E-state index contributed by atoms with van der Waals surface area (Å²) in [6, 6.07) is 2.32. The normalized spacial score (nSPS) is 20.5. The molecule has 1 N–H and O–H groups in total. The second kappa shape index (κ2) is 5.37. The zero-order valence-corrected chi connectivity index (χ0v) is 11.5. The van der Waals surface area contributed by atoms with Gasteiger partial charge in [-0.2, -0.15) is 0 Å². The van der Waals surface area contributed by atoms with Gasteiger partial charge >= 0.3 is 0 Å². The maximum absolute atomic E-state index is 12.6. The number of rotatable bonds is 4. The third-order valence-electron chi connectivity index (χ3n) is 4.14. The van der Waals surface area contributed by atoms with Gasteiger partial charge in [0.1, 0.15) is 12.0 Å². The Labute approximate surface area is 114 Å². The Morgan fingerprint density at radius 3 is 2.68 bits per heavy atom. The van der Waals surface area contributed by atoms with Crippen molar-refractivity contribution in [2.24, 2.45) is 5.92 Å². The number of nitrogens with one attached hydrogen (secondary N) is 1. The first-order chi connectivity index (χ1) is 9.24. The molecule has 1 aliphatic carbocycles. The lowest BCUT2D eigenvalue weighted by Crippen LogP contribution is -2.40. The molecular weight excluding hydrogens is 240 g/mol. The molecule has 19 heavy (non-hydrogen) atoms. The van der Waals surface area contributed by atoms with Crippen LogP contribution in [0.15, 0.2) is 16.7 Å². The van der Waals surface area contributed by atoms with Gasteiger partial charge in [0.2, 0.25) is 0 Å². The lowest BCUT2D eigenvalue weighted by molar-refractivity contribution is 0.0701. The van der Waals surface area contributed by atoms with Gasteiger partial charge in [0.15, 0.2) is 0 Å². The fraction of sp³-hybridized carbons (Fsp3) is 0.667. The minimum absolute atomic E-state index is 0.151. The van der Waals surface area contributed by atoms with Gasteiger partial charge in [0.25, 0.3) is 5.91 Å². The van der Waals surface area contributed by atoms with Gasteiger partial charge in [0, 0.05) is 12.6 Å². The Morgan fingerprint density at radius 1 is 1.37 bits per heavy atom. The van der Waals surface area contributed by atoms with Gasteiger partial charge in [-0.05, 0) is 57.7 Å². The van der Waals surface area contributed by atoms with E-state index >= 15 is 0 Å². The molecule has 0 atom stereocenters. The van der Waals surface area contributed by atoms with E-state index in [9.17, 15) is 4.79 Å². The molecule has 1 aliphatic heterocycles. The van der Waals surface area contributed by atoms with Crippen LogP contribution in [-0.2, 0) is 0 Å². The Bertz CT molecular complexity index is 445. The minimum Gasteiger partial charge on any atom is -0.469 e. The largest absolute Gasteiger partial charge is 0.469 e. The maximum Gasteiger partial charge on any atom is 0.257 e. The van der Waals surface area contributed by atoms with Crippen molar-refractivity contribution >= 4 is 5.91 Å². The highest BCUT2D eigenvalue weighted by atomic mass is 16.3. The molecule has 0 spiro atoms. The molecule has 0 radical (unpaired) electrons. The van der Waals surface area contributed by atoms with Crippen molar-refractivity contribution in [1.29, 1.82) is 0 Å². The van der Waals surface area contributed by atoms with Crippen molar-refractivity contribution in [2.45, 2.75) is 38.6 Å². The van der Waals surface area contributed by atoms with Crippen molar-refractivity contribution in [1.82, 2.24) is 10.2 Å². The SMILES string of the molecule is Cc1cc(C(=O)N(CC2CCNCC2)C2CC2)co1. The Morgan fingerprint density at radius 2 is 2.11 bits per heavy atom.